The summed E-state index contributed by atoms with van der Waals surface area (Å²) in [4.78, 5) is 26.2. The number of hydrogen-bond donors (Lipinski definition) is 1. The number of nitrogens with one attached hydrogen (secondary N) is 1. The fraction of sp³-hybridized carbons (Fsp3) is 0.250. The minimum absolute atomic E-state index is 0.0268. The quantitative estimate of drug-likeness (QED) is 0.235. The molecule has 6 rings (SSSR count). The zero-order valence-electron chi connectivity index (χ0n) is 21.4. The van der Waals surface area contributed by atoms with Gasteiger partial charge in [0.05, 0.1) is 28.6 Å². The molecule has 1 N–H and O–H groups in total. The Morgan fingerprint density at radius 2 is 1.88 bits per heavy atom. The summed E-state index contributed by atoms with van der Waals surface area (Å²) in [6.45, 7) is -0.827. The van der Waals surface area contributed by atoms with Gasteiger partial charge in [-0.1, -0.05) is 28.9 Å². The molecule has 0 aliphatic carbocycles. The van der Waals surface area contributed by atoms with Crippen molar-refractivity contribution in [2.75, 3.05) is 11.9 Å². The first kappa shape index (κ1) is 26.9. The number of anilines is 2. The molecule has 1 saturated heterocycles. The van der Waals surface area contributed by atoms with E-state index in [2.05, 4.69) is 25.4 Å². The Kier molecular flexibility index (Phi) is 7.18. The summed E-state index contributed by atoms with van der Waals surface area (Å²) in [5.74, 6) is 0.0384. The average Bonchev–Trinajstić information content (AvgIpc) is 3.50. The molecule has 1 aliphatic heterocycles. The minimum atomic E-state index is -4.69. The Labute approximate surface area is 236 Å². The standard InChI is InChI=1S/C28H22ClF3N6O3/c29-22-10-17(19-13-35-41-14-19)11-33-24(22)21-9-18-12-34-27(37-25(18)38(26(21)39)15-28(30,31)32)36-20-6-4-16(5-7-20)23-3-1-2-8-40-23/h4-7,9-14,23H,1-3,8,15H2,(H,34,36,37). The van der Waals surface area contributed by atoms with E-state index in [0.717, 1.165) is 31.4 Å². The summed E-state index contributed by atoms with van der Waals surface area (Å²) in [6, 6.07) is 10.4. The summed E-state index contributed by atoms with van der Waals surface area (Å²) in [6.07, 6.45) is 4.09. The highest BCUT2D eigenvalue weighted by molar-refractivity contribution is 6.33. The van der Waals surface area contributed by atoms with Crippen LogP contribution in [0.4, 0.5) is 24.8 Å². The van der Waals surface area contributed by atoms with Gasteiger partial charge in [-0.3, -0.25) is 14.3 Å². The molecule has 41 heavy (non-hydrogen) atoms. The van der Waals surface area contributed by atoms with Crippen LogP contribution in [-0.4, -0.2) is 37.5 Å². The lowest BCUT2D eigenvalue weighted by molar-refractivity contribution is -0.140. The fourth-order valence-electron chi connectivity index (χ4n) is 4.77. The van der Waals surface area contributed by atoms with Crippen molar-refractivity contribution >= 4 is 34.3 Å². The predicted octanol–water partition coefficient (Wildman–Crippen LogP) is 6.71. The first-order valence-electron chi connectivity index (χ1n) is 12.8. The second-order valence-corrected chi connectivity index (χ2v) is 10.0. The highest BCUT2D eigenvalue weighted by Crippen LogP contribution is 2.32. The average molecular weight is 583 g/mol. The van der Waals surface area contributed by atoms with Crippen molar-refractivity contribution in [2.45, 2.75) is 38.1 Å². The van der Waals surface area contributed by atoms with Crippen molar-refractivity contribution in [3.8, 4) is 22.4 Å². The van der Waals surface area contributed by atoms with Crippen LogP contribution in [0.3, 0.4) is 0 Å². The Bertz CT molecular complexity index is 1750. The van der Waals surface area contributed by atoms with Crippen molar-refractivity contribution in [3.63, 3.8) is 0 Å². The first-order valence-corrected chi connectivity index (χ1v) is 13.1. The molecule has 9 nitrogen and oxygen atoms in total. The van der Waals surface area contributed by atoms with E-state index in [4.69, 9.17) is 20.9 Å². The lowest BCUT2D eigenvalue weighted by Gasteiger charge is -2.23. The topological polar surface area (TPSA) is 108 Å². The largest absolute Gasteiger partial charge is 0.406 e. The second kappa shape index (κ2) is 10.9. The molecule has 0 bridgehead atoms. The highest BCUT2D eigenvalue weighted by atomic mass is 35.5. The minimum Gasteiger partial charge on any atom is -0.374 e. The van der Waals surface area contributed by atoms with Gasteiger partial charge in [-0.15, -0.1) is 0 Å². The number of hydrogen-bond acceptors (Lipinski definition) is 8. The molecule has 1 atom stereocenters. The molecule has 1 fully saturated rings. The maximum absolute atomic E-state index is 13.6. The third-order valence-corrected chi connectivity index (χ3v) is 7.03. The van der Waals surface area contributed by atoms with Crippen molar-refractivity contribution in [2.24, 2.45) is 0 Å². The maximum Gasteiger partial charge on any atom is 0.406 e. The Hall–Kier alpha value is -4.29. The third-order valence-electron chi connectivity index (χ3n) is 6.74. The van der Waals surface area contributed by atoms with E-state index in [9.17, 15) is 18.0 Å². The van der Waals surface area contributed by atoms with Crippen LogP contribution in [0.5, 0.6) is 0 Å². The van der Waals surface area contributed by atoms with Gasteiger partial charge in [0, 0.05) is 41.2 Å². The number of nitrogens with zero attached hydrogens (tertiary/aromatic N) is 5. The fourth-order valence-corrected chi connectivity index (χ4v) is 5.04. The van der Waals surface area contributed by atoms with Crippen LogP contribution in [0.1, 0.15) is 30.9 Å². The Morgan fingerprint density at radius 1 is 1.05 bits per heavy atom. The number of fused-ring (bicyclic) bond motifs is 1. The highest BCUT2D eigenvalue weighted by Gasteiger charge is 2.31. The maximum atomic E-state index is 13.6. The monoisotopic (exact) mass is 582 g/mol. The Morgan fingerprint density at radius 3 is 2.56 bits per heavy atom. The summed E-state index contributed by atoms with van der Waals surface area (Å²) >= 11 is 6.43. The summed E-state index contributed by atoms with van der Waals surface area (Å²) < 4.78 is 52.1. The molecule has 0 amide bonds. The van der Waals surface area contributed by atoms with Crippen molar-refractivity contribution in [1.82, 2.24) is 24.7 Å². The van der Waals surface area contributed by atoms with Crippen LogP contribution in [0.2, 0.25) is 5.02 Å². The molecule has 0 radical (unpaired) electrons. The van der Waals surface area contributed by atoms with E-state index < -0.39 is 18.3 Å². The van der Waals surface area contributed by atoms with E-state index in [1.54, 1.807) is 0 Å². The van der Waals surface area contributed by atoms with E-state index in [1.165, 1.54) is 37.0 Å². The molecule has 5 aromatic rings. The number of aromatic nitrogens is 5. The van der Waals surface area contributed by atoms with Gasteiger partial charge in [0.1, 0.15) is 18.5 Å². The van der Waals surface area contributed by atoms with Gasteiger partial charge in [-0.25, -0.2) is 4.98 Å². The second-order valence-electron chi connectivity index (χ2n) is 9.61. The normalized spacial score (nSPS) is 15.8. The van der Waals surface area contributed by atoms with Crippen LogP contribution in [-0.2, 0) is 11.3 Å². The van der Waals surface area contributed by atoms with E-state index in [0.29, 0.717) is 21.4 Å². The van der Waals surface area contributed by atoms with Crippen LogP contribution < -0.4 is 10.9 Å². The number of benzene rings is 1. The van der Waals surface area contributed by atoms with Gasteiger partial charge in [0.15, 0.2) is 0 Å². The zero-order chi connectivity index (χ0) is 28.6. The van der Waals surface area contributed by atoms with E-state index in [-0.39, 0.29) is 39.4 Å². The number of alkyl halides is 3. The molecule has 5 heterocycles. The predicted molar refractivity (Wildman–Crippen MR) is 146 cm³/mol. The van der Waals surface area contributed by atoms with Crippen LogP contribution in [0.15, 0.2) is 70.6 Å². The number of halogens is 4. The molecule has 13 heteroatoms. The number of ether oxygens (including phenoxy) is 1. The molecule has 4 aromatic heterocycles. The molecule has 210 valence electrons. The summed E-state index contributed by atoms with van der Waals surface area (Å²) in [7, 11) is 0. The number of rotatable bonds is 6. The lowest BCUT2D eigenvalue weighted by atomic mass is 10.0. The van der Waals surface area contributed by atoms with Gasteiger partial charge in [0.25, 0.3) is 5.56 Å². The number of pyridine rings is 2. The zero-order valence-corrected chi connectivity index (χ0v) is 22.1. The first-order chi connectivity index (χ1) is 19.7. The summed E-state index contributed by atoms with van der Waals surface area (Å²) in [5.41, 5.74) is 1.63. The van der Waals surface area contributed by atoms with E-state index in [1.807, 2.05) is 24.3 Å². The molecule has 1 unspecified atom stereocenters. The van der Waals surface area contributed by atoms with Gasteiger partial charge < -0.3 is 14.6 Å². The molecule has 0 spiro atoms. The smallest absolute Gasteiger partial charge is 0.374 e. The SMILES string of the molecule is O=c1c(-c2ncc(-c3cnoc3)cc2Cl)cc2cnc(Nc3ccc(C4CCCCO4)cc3)nc2n1CC(F)(F)F. The molecule has 0 saturated carbocycles. The molecular weight excluding hydrogens is 561 g/mol. The van der Waals surface area contributed by atoms with Gasteiger partial charge in [0.2, 0.25) is 5.95 Å². The molecule has 1 aromatic carbocycles. The van der Waals surface area contributed by atoms with Crippen LogP contribution in [0, 0.1) is 0 Å². The van der Waals surface area contributed by atoms with Crippen LogP contribution in [0.25, 0.3) is 33.4 Å². The van der Waals surface area contributed by atoms with Crippen molar-refractivity contribution in [1.29, 1.82) is 0 Å². The van der Waals surface area contributed by atoms with Gasteiger partial charge in [-0.2, -0.15) is 18.2 Å². The van der Waals surface area contributed by atoms with Crippen molar-refractivity contribution in [3.05, 3.63) is 82.2 Å². The summed E-state index contributed by atoms with van der Waals surface area (Å²) in [5, 5.41) is 6.91. The van der Waals surface area contributed by atoms with Crippen molar-refractivity contribution < 1.29 is 22.4 Å². The van der Waals surface area contributed by atoms with Gasteiger partial charge >= 0.3 is 6.18 Å². The third kappa shape index (κ3) is 5.79. The van der Waals surface area contributed by atoms with Gasteiger partial charge in [-0.05, 0) is 49.1 Å². The Balaban J connectivity index is 1.36. The lowest BCUT2D eigenvalue weighted by Crippen LogP contribution is -2.30. The molecule has 1 aliphatic rings. The molecular formula is C28H22ClF3N6O3. The van der Waals surface area contributed by atoms with Crippen LogP contribution >= 0.6 is 11.6 Å². The van der Waals surface area contributed by atoms with E-state index >= 15 is 0 Å².